The second-order valence-electron chi connectivity index (χ2n) is 8.14. The molecule has 0 aromatic heterocycles. The number of rotatable bonds is 6. The van der Waals surface area contributed by atoms with Crippen LogP contribution in [0.3, 0.4) is 0 Å². The van der Waals surface area contributed by atoms with Crippen LogP contribution in [0.25, 0.3) is 0 Å². The molecule has 0 amide bonds. The number of nitrogens with zero attached hydrogens (tertiary/aromatic N) is 6. The summed E-state index contributed by atoms with van der Waals surface area (Å²) in [6.07, 6.45) is 0. The van der Waals surface area contributed by atoms with Crippen molar-refractivity contribution < 1.29 is 0 Å². The van der Waals surface area contributed by atoms with Gasteiger partial charge in [0.25, 0.3) is 0 Å². The Bertz CT molecular complexity index is 328. The van der Waals surface area contributed by atoms with Gasteiger partial charge in [-0.3, -0.25) is 0 Å². The Morgan fingerprint density at radius 3 is 0.542 bits per heavy atom. The first-order chi connectivity index (χ1) is 10.8. The fourth-order valence-electron chi connectivity index (χ4n) is 3.81. The highest BCUT2D eigenvalue weighted by atomic mass is 31.3. The lowest BCUT2D eigenvalue weighted by atomic mass is 11.3. The van der Waals surface area contributed by atoms with Gasteiger partial charge in [-0.25, -0.2) is 0 Å². The van der Waals surface area contributed by atoms with E-state index >= 15 is 0 Å². The molecule has 1 fully saturated rings. The molecule has 1 aliphatic rings. The van der Waals surface area contributed by atoms with Gasteiger partial charge in [-0.15, -0.1) is 0 Å². The summed E-state index contributed by atoms with van der Waals surface area (Å²) in [6.45, 7) is 0. The SMILES string of the molecule is CN(C)[P+]1(N(C)C)C[P+](N(C)C)(N(C)C)C[P+](N(C)C)(N(C)C)C1. The zero-order valence-corrected chi connectivity index (χ0v) is 20.8. The van der Waals surface area contributed by atoms with Gasteiger partial charge >= 0.3 is 0 Å². The highest BCUT2D eigenvalue weighted by Crippen LogP contribution is 2.93. The molecule has 0 spiro atoms. The van der Waals surface area contributed by atoms with Crippen molar-refractivity contribution in [2.75, 3.05) is 102 Å². The molecular formula is C15H42N6P3+3. The molecule has 1 rings (SSSR count). The molecular weight excluding hydrogens is 357 g/mol. The normalized spacial score (nSPS) is 23.2. The first-order valence-corrected chi connectivity index (χ1v) is 14.7. The van der Waals surface area contributed by atoms with E-state index in [-0.39, 0.29) is 0 Å². The molecule has 0 saturated carbocycles. The minimum absolute atomic E-state index is 1.32. The molecule has 0 aliphatic carbocycles. The summed E-state index contributed by atoms with van der Waals surface area (Å²) in [7, 11) is 23.5. The quantitative estimate of drug-likeness (QED) is 0.636. The fraction of sp³-hybridized carbons (Fsp3) is 1.00. The van der Waals surface area contributed by atoms with E-state index in [2.05, 4.69) is 113 Å². The zero-order chi connectivity index (χ0) is 19.1. The van der Waals surface area contributed by atoms with Gasteiger partial charge < -0.3 is 0 Å². The predicted octanol–water partition coefficient (Wildman–Crippen LogP) is 2.78. The van der Waals surface area contributed by atoms with E-state index in [1.54, 1.807) is 0 Å². The van der Waals surface area contributed by atoms with Crippen molar-refractivity contribution in [1.82, 2.24) is 28.0 Å². The smallest absolute Gasteiger partial charge is 0.164 e. The highest BCUT2D eigenvalue weighted by Gasteiger charge is 2.76. The van der Waals surface area contributed by atoms with Crippen molar-refractivity contribution in [2.24, 2.45) is 0 Å². The van der Waals surface area contributed by atoms with Gasteiger partial charge in [-0.05, 0) is 0 Å². The molecule has 0 N–H and O–H groups in total. The molecule has 0 unspecified atom stereocenters. The maximum absolute atomic E-state index is 2.58. The summed E-state index contributed by atoms with van der Waals surface area (Å²) < 4.78 is 15.5. The number of hydrogen-bond acceptors (Lipinski definition) is 6. The van der Waals surface area contributed by atoms with Crippen molar-refractivity contribution >= 4 is 22.7 Å². The molecule has 144 valence electrons. The van der Waals surface area contributed by atoms with Crippen molar-refractivity contribution in [3.8, 4) is 0 Å². The van der Waals surface area contributed by atoms with E-state index in [9.17, 15) is 0 Å². The Labute approximate surface area is 153 Å². The van der Waals surface area contributed by atoms with Crippen LogP contribution in [0.4, 0.5) is 0 Å². The summed E-state index contributed by atoms with van der Waals surface area (Å²) in [5.74, 6) is 3.97. The van der Waals surface area contributed by atoms with Crippen LogP contribution in [0.2, 0.25) is 0 Å². The topological polar surface area (TPSA) is 19.4 Å². The Hall–Kier alpha value is 1.05. The van der Waals surface area contributed by atoms with Crippen LogP contribution in [-0.2, 0) is 0 Å². The minimum Gasteiger partial charge on any atom is -0.164 e. The summed E-state index contributed by atoms with van der Waals surface area (Å²) in [5.41, 5.74) is 0. The Morgan fingerprint density at radius 1 is 0.333 bits per heavy atom. The van der Waals surface area contributed by atoms with Crippen molar-refractivity contribution in [3.05, 3.63) is 0 Å². The maximum atomic E-state index is 2.58. The lowest BCUT2D eigenvalue weighted by molar-refractivity contribution is 0.514. The first-order valence-electron chi connectivity index (χ1n) is 8.46. The molecule has 1 saturated heterocycles. The van der Waals surface area contributed by atoms with E-state index in [4.69, 9.17) is 0 Å². The van der Waals surface area contributed by atoms with Gasteiger partial charge in [0.1, 0.15) is 0 Å². The second kappa shape index (κ2) is 7.97. The highest BCUT2D eigenvalue weighted by molar-refractivity contribution is 8.03. The summed E-state index contributed by atoms with van der Waals surface area (Å²) in [6, 6.07) is 0. The molecule has 1 heterocycles. The third-order valence-electron chi connectivity index (χ3n) is 5.83. The lowest BCUT2D eigenvalue weighted by Gasteiger charge is -2.51. The van der Waals surface area contributed by atoms with E-state index in [0.29, 0.717) is 0 Å². The second-order valence-corrected chi connectivity index (χ2v) is 21.6. The molecule has 0 aromatic carbocycles. The largest absolute Gasteiger partial charge is 0.235 e. The van der Waals surface area contributed by atoms with Crippen molar-refractivity contribution in [1.29, 1.82) is 0 Å². The van der Waals surface area contributed by atoms with Crippen LogP contribution in [0.5, 0.6) is 0 Å². The Morgan fingerprint density at radius 2 is 0.458 bits per heavy atom. The van der Waals surface area contributed by atoms with E-state index in [1.807, 2.05) is 0 Å². The molecule has 0 aromatic rings. The van der Waals surface area contributed by atoms with E-state index in [0.717, 1.165) is 0 Å². The van der Waals surface area contributed by atoms with Crippen LogP contribution in [-0.4, -0.2) is 130 Å². The third kappa shape index (κ3) is 3.70. The van der Waals surface area contributed by atoms with Crippen molar-refractivity contribution in [3.63, 3.8) is 0 Å². The van der Waals surface area contributed by atoms with E-state index < -0.39 is 22.7 Å². The van der Waals surface area contributed by atoms with Gasteiger partial charge in [0.05, 0.1) is 0 Å². The molecule has 0 radical (unpaired) electrons. The van der Waals surface area contributed by atoms with Crippen LogP contribution >= 0.6 is 22.7 Å². The van der Waals surface area contributed by atoms with Crippen LogP contribution in [0.15, 0.2) is 0 Å². The van der Waals surface area contributed by atoms with Gasteiger partial charge in [0, 0.05) is 84.6 Å². The predicted molar refractivity (Wildman–Crippen MR) is 117 cm³/mol. The molecule has 9 heteroatoms. The summed E-state index contributed by atoms with van der Waals surface area (Å²) >= 11 is 0. The standard InChI is InChI=1S/C15H42N6P3/c1-16(2)22(17(3)4)13-23(18(5)6,19(7)8)15-24(14-22,20(9)10)21(11)12/h13-15H2,1-12H3/q+3. The first kappa shape index (κ1) is 23.1. The molecule has 1 aliphatic heterocycles. The molecule has 0 atom stereocenters. The van der Waals surface area contributed by atoms with Gasteiger partial charge in [0.2, 0.25) is 40.4 Å². The van der Waals surface area contributed by atoms with Crippen molar-refractivity contribution in [2.45, 2.75) is 0 Å². The Balaban J connectivity index is 3.68. The average molecular weight is 399 g/mol. The summed E-state index contributed by atoms with van der Waals surface area (Å²) in [5, 5.41) is 0. The number of hydrogen-bond donors (Lipinski definition) is 0. The fourth-order valence-corrected chi connectivity index (χ4v) is 30.3. The third-order valence-corrected chi connectivity index (χ3v) is 25.6. The van der Waals surface area contributed by atoms with Gasteiger partial charge in [0.15, 0.2) is 0 Å². The maximum Gasteiger partial charge on any atom is 0.235 e. The van der Waals surface area contributed by atoms with Crippen LogP contribution in [0, 0.1) is 0 Å². The Kier molecular flexibility index (Phi) is 7.66. The molecule has 24 heavy (non-hydrogen) atoms. The van der Waals surface area contributed by atoms with Crippen LogP contribution in [0.1, 0.15) is 0 Å². The van der Waals surface area contributed by atoms with Gasteiger partial charge in [-0.2, -0.15) is 28.0 Å². The summed E-state index contributed by atoms with van der Waals surface area (Å²) in [4.78, 5) is 0. The minimum atomic E-state index is -1.39. The lowest BCUT2D eigenvalue weighted by Crippen LogP contribution is -2.47. The van der Waals surface area contributed by atoms with Gasteiger partial charge in [-0.1, -0.05) is 0 Å². The van der Waals surface area contributed by atoms with Crippen LogP contribution < -0.4 is 0 Å². The monoisotopic (exact) mass is 399 g/mol. The zero-order valence-electron chi connectivity index (χ0n) is 18.1. The van der Waals surface area contributed by atoms with E-state index in [1.165, 1.54) is 17.7 Å². The molecule has 6 nitrogen and oxygen atoms in total. The molecule has 0 bridgehead atoms. The average Bonchev–Trinajstić information content (AvgIpc) is 2.44.